The van der Waals surface area contributed by atoms with Crippen LogP contribution in [0.3, 0.4) is 0 Å². The molecule has 0 heterocycles. The number of aliphatic hydroxyl groups is 1. The topological polar surface area (TPSA) is 49.3 Å². The fraction of sp³-hybridized carbons (Fsp3) is 0.500. The van der Waals surface area contributed by atoms with Crippen molar-refractivity contribution in [2.75, 3.05) is 11.9 Å². The van der Waals surface area contributed by atoms with E-state index in [0.29, 0.717) is 12.8 Å². The average molecular weight is 314 g/mol. The highest BCUT2D eigenvalue weighted by Gasteiger charge is 2.11. The van der Waals surface area contributed by atoms with Crippen LogP contribution in [-0.4, -0.2) is 29.0 Å². The molecule has 0 aromatic heterocycles. The van der Waals surface area contributed by atoms with Crippen molar-refractivity contribution < 1.29 is 9.90 Å². The van der Waals surface area contributed by atoms with Gasteiger partial charge in [-0.05, 0) is 24.8 Å². The van der Waals surface area contributed by atoms with E-state index >= 15 is 0 Å². The minimum atomic E-state index is -0.191. The summed E-state index contributed by atoms with van der Waals surface area (Å²) in [6.45, 7) is -0.0287. The van der Waals surface area contributed by atoms with E-state index in [0.717, 1.165) is 23.7 Å². The molecule has 100 valence electrons. The van der Waals surface area contributed by atoms with Crippen LogP contribution in [-0.2, 0) is 11.2 Å². The Morgan fingerprint density at radius 1 is 1.28 bits per heavy atom. The summed E-state index contributed by atoms with van der Waals surface area (Å²) in [5.41, 5.74) is 1.12. The molecular weight excluding hydrogens is 294 g/mol. The van der Waals surface area contributed by atoms with Gasteiger partial charge in [-0.15, -0.1) is 0 Å². The fourth-order valence-electron chi connectivity index (χ4n) is 1.74. The summed E-state index contributed by atoms with van der Waals surface area (Å²) in [6.07, 6.45) is 3.06. The number of nitrogens with one attached hydrogen (secondary N) is 1. The van der Waals surface area contributed by atoms with Crippen molar-refractivity contribution in [1.82, 2.24) is 5.32 Å². The van der Waals surface area contributed by atoms with Crippen LogP contribution in [0.5, 0.6) is 0 Å². The first-order chi connectivity index (χ1) is 8.76. The lowest BCUT2D eigenvalue weighted by Crippen LogP contribution is -2.38. The number of hydrogen-bond acceptors (Lipinski definition) is 2. The van der Waals surface area contributed by atoms with Gasteiger partial charge in [0.05, 0.1) is 12.6 Å². The van der Waals surface area contributed by atoms with Crippen LogP contribution in [0.1, 0.15) is 24.8 Å². The van der Waals surface area contributed by atoms with E-state index in [1.807, 2.05) is 30.3 Å². The zero-order valence-corrected chi connectivity index (χ0v) is 12.0. The Balaban J connectivity index is 2.35. The van der Waals surface area contributed by atoms with Gasteiger partial charge in [-0.3, -0.25) is 4.79 Å². The summed E-state index contributed by atoms with van der Waals surface area (Å²) < 4.78 is 0. The van der Waals surface area contributed by atoms with Gasteiger partial charge in [0, 0.05) is 11.8 Å². The van der Waals surface area contributed by atoms with Gasteiger partial charge < -0.3 is 10.4 Å². The lowest BCUT2D eigenvalue weighted by atomic mass is 10.1. The smallest absolute Gasteiger partial charge is 0.220 e. The van der Waals surface area contributed by atoms with Crippen molar-refractivity contribution in [2.45, 2.75) is 31.7 Å². The van der Waals surface area contributed by atoms with E-state index in [1.165, 1.54) is 0 Å². The summed E-state index contributed by atoms with van der Waals surface area (Å²) in [6, 6.07) is 9.68. The molecule has 1 unspecified atom stereocenters. The number of unbranched alkanes of at least 4 members (excludes halogenated alkanes) is 1. The molecular formula is C14H20BrNO2. The first-order valence-electron chi connectivity index (χ1n) is 6.26. The number of hydrogen-bond donors (Lipinski definition) is 2. The van der Waals surface area contributed by atoms with Crippen LogP contribution in [0.25, 0.3) is 0 Å². The molecule has 2 N–H and O–H groups in total. The van der Waals surface area contributed by atoms with Crippen molar-refractivity contribution in [2.24, 2.45) is 0 Å². The summed E-state index contributed by atoms with van der Waals surface area (Å²) in [5.74, 6) is 0.0194. The summed E-state index contributed by atoms with van der Waals surface area (Å²) in [5, 5.41) is 13.1. The van der Waals surface area contributed by atoms with Crippen molar-refractivity contribution in [3.63, 3.8) is 0 Å². The first-order valence-corrected chi connectivity index (χ1v) is 7.38. The van der Waals surface area contributed by atoms with Gasteiger partial charge in [-0.2, -0.15) is 0 Å². The van der Waals surface area contributed by atoms with Crippen molar-refractivity contribution >= 4 is 21.8 Å². The maximum atomic E-state index is 11.6. The monoisotopic (exact) mass is 313 g/mol. The zero-order valence-electron chi connectivity index (χ0n) is 10.4. The second-order valence-corrected chi connectivity index (χ2v) is 5.08. The van der Waals surface area contributed by atoms with E-state index in [1.54, 1.807) is 0 Å². The number of benzene rings is 1. The zero-order chi connectivity index (χ0) is 13.2. The molecule has 0 aliphatic rings. The van der Waals surface area contributed by atoms with E-state index in [4.69, 9.17) is 0 Å². The Bertz CT molecular complexity index is 343. The number of aliphatic hydroxyl groups excluding tert-OH is 1. The second kappa shape index (κ2) is 9.11. The van der Waals surface area contributed by atoms with E-state index in [-0.39, 0.29) is 18.6 Å². The van der Waals surface area contributed by atoms with Gasteiger partial charge in [-0.1, -0.05) is 46.3 Å². The van der Waals surface area contributed by atoms with Crippen LogP contribution in [0.15, 0.2) is 30.3 Å². The van der Waals surface area contributed by atoms with Gasteiger partial charge in [0.1, 0.15) is 0 Å². The average Bonchev–Trinajstić information content (AvgIpc) is 2.39. The number of alkyl halides is 1. The Morgan fingerprint density at radius 3 is 2.61 bits per heavy atom. The third kappa shape index (κ3) is 6.17. The molecule has 0 radical (unpaired) electrons. The molecule has 1 amide bonds. The van der Waals surface area contributed by atoms with Crippen molar-refractivity contribution in [1.29, 1.82) is 0 Å². The van der Waals surface area contributed by atoms with Crippen molar-refractivity contribution in [3.8, 4) is 0 Å². The number of halogens is 1. The van der Waals surface area contributed by atoms with Crippen LogP contribution in [0.4, 0.5) is 0 Å². The Kier molecular flexibility index (Phi) is 7.69. The number of carbonyl (C=O) groups is 1. The quantitative estimate of drug-likeness (QED) is 0.571. The molecule has 1 aromatic carbocycles. The predicted molar refractivity (Wildman–Crippen MR) is 76.8 cm³/mol. The number of carbonyl (C=O) groups excluding carboxylic acids is 1. The first kappa shape index (κ1) is 15.2. The second-order valence-electron chi connectivity index (χ2n) is 4.28. The summed E-state index contributed by atoms with van der Waals surface area (Å²) in [4.78, 5) is 11.6. The molecule has 0 saturated heterocycles. The molecule has 4 heteroatoms. The maximum Gasteiger partial charge on any atom is 0.220 e. The largest absolute Gasteiger partial charge is 0.394 e. The third-order valence-corrected chi connectivity index (χ3v) is 3.26. The standard InChI is InChI=1S/C14H20BrNO2/c15-9-5-4-8-14(18)16-13(11-17)10-12-6-2-1-3-7-12/h1-3,6-7,13,17H,4-5,8-11H2,(H,16,18). The molecule has 0 bridgehead atoms. The number of amides is 1. The molecule has 0 aliphatic heterocycles. The van der Waals surface area contributed by atoms with E-state index in [9.17, 15) is 9.90 Å². The lowest BCUT2D eigenvalue weighted by Gasteiger charge is -2.16. The van der Waals surface area contributed by atoms with Crippen LogP contribution in [0.2, 0.25) is 0 Å². The maximum absolute atomic E-state index is 11.6. The van der Waals surface area contributed by atoms with Gasteiger partial charge in [0.25, 0.3) is 0 Å². The Morgan fingerprint density at radius 2 is 2.00 bits per heavy atom. The molecule has 1 atom stereocenters. The SMILES string of the molecule is O=C(CCCCBr)NC(CO)Cc1ccccc1. The third-order valence-electron chi connectivity index (χ3n) is 2.70. The van der Waals surface area contributed by atoms with Crippen LogP contribution in [0, 0.1) is 0 Å². The van der Waals surface area contributed by atoms with Crippen LogP contribution < -0.4 is 5.32 Å². The van der Waals surface area contributed by atoms with E-state index < -0.39 is 0 Å². The summed E-state index contributed by atoms with van der Waals surface area (Å²) in [7, 11) is 0. The molecule has 18 heavy (non-hydrogen) atoms. The fourth-order valence-corrected chi connectivity index (χ4v) is 2.14. The van der Waals surface area contributed by atoms with Crippen molar-refractivity contribution in [3.05, 3.63) is 35.9 Å². The highest BCUT2D eigenvalue weighted by Crippen LogP contribution is 2.04. The minimum absolute atomic E-state index is 0.0194. The Hall–Kier alpha value is -0.870. The molecule has 0 fully saturated rings. The highest BCUT2D eigenvalue weighted by atomic mass is 79.9. The molecule has 1 aromatic rings. The van der Waals surface area contributed by atoms with Gasteiger partial charge >= 0.3 is 0 Å². The van der Waals surface area contributed by atoms with Gasteiger partial charge in [0.15, 0.2) is 0 Å². The predicted octanol–water partition coefficient (Wildman–Crippen LogP) is 2.27. The normalized spacial score (nSPS) is 12.1. The molecule has 0 spiro atoms. The highest BCUT2D eigenvalue weighted by molar-refractivity contribution is 9.09. The molecule has 0 aliphatic carbocycles. The van der Waals surface area contributed by atoms with E-state index in [2.05, 4.69) is 21.2 Å². The molecule has 1 rings (SSSR count). The Labute approximate surface area is 117 Å². The minimum Gasteiger partial charge on any atom is -0.394 e. The molecule has 0 saturated carbocycles. The molecule has 3 nitrogen and oxygen atoms in total. The summed E-state index contributed by atoms with van der Waals surface area (Å²) >= 11 is 3.34. The van der Waals surface area contributed by atoms with Gasteiger partial charge in [-0.25, -0.2) is 0 Å². The van der Waals surface area contributed by atoms with Gasteiger partial charge in [0.2, 0.25) is 5.91 Å². The lowest BCUT2D eigenvalue weighted by molar-refractivity contribution is -0.122. The number of rotatable bonds is 8. The van der Waals surface area contributed by atoms with Crippen LogP contribution >= 0.6 is 15.9 Å².